The van der Waals surface area contributed by atoms with E-state index in [1.807, 2.05) is 14.0 Å². The SMILES string of the molecule is Cc1noc2ncnc(N(C)C3CNC3)c12. The zero-order valence-corrected chi connectivity index (χ0v) is 9.27. The van der Waals surface area contributed by atoms with E-state index in [0.717, 1.165) is 30.0 Å². The number of nitrogens with zero attached hydrogens (tertiary/aromatic N) is 4. The first-order chi connectivity index (χ1) is 7.77. The van der Waals surface area contributed by atoms with Crippen molar-refractivity contribution in [2.75, 3.05) is 25.0 Å². The number of fused-ring (bicyclic) bond motifs is 1. The Kier molecular flexibility index (Phi) is 2.03. The third kappa shape index (κ3) is 1.26. The Labute approximate surface area is 92.6 Å². The third-order valence-corrected chi connectivity index (χ3v) is 3.07. The van der Waals surface area contributed by atoms with Crippen molar-refractivity contribution in [3.63, 3.8) is 0 Å². The second-order valence-electron chi connectivity index (χ2n) is 4.07. The molecule has 6 heteroatoms. The van der Waals surface area contributed by atoms with Crippen molar-refractivity contribution in [2.24, 2.45) is 0 Å². The van der Waals surface area contributed by atoms with Crippen LogP contribution < -0.4 is 10.2 Å². The van der Waals surface area contributed by atoms with Crippen LogP contribution in [-0.4, -0.2) is 41.3 Å². The predicted octanol–water partition coefficient (Wildman–Crippen LogP) is 0.334. The van der Waals surface area contributed by atoms with E-state index in [1.165, 1.54) is 6.33 Å². The summed E-state index contributed by atoms with van der Waals surface area (Å²) in [5.74, 6) is 0.898. The van der Waals surface area contributed by atoms with Crippen LogP contribution in [0.5, 0.6) is 0 Å². The molecular formula is C10H13N5O. The summed E-state index contributed by atoms with van der Waals surface area (Å²) in [5, 5.41) is 8.08. The molecule has 0 aliphatic carbocycles. The molecule has 1 N–H and O–H groups in total. The largest absolute Gasteiger partial charge is 0.353 e. The molecule has 2 aromatic heterocycles. The van der Waals surface area contributed by atoms with Crippen LogP contribution in [0.15, 0.2) is 10.9 Å². The van der Waals surface area contributed by atoms with Gasteiger partial charge in [0.05, 0.1) is 11.7 Å². The molecule has 1 aliphatic heterocycles. The molecule has 3 heterocycles. The predicted molar refractivity (Wildman–Crippen MR) is 59.4 cm³/mol. The summed E-state index contributed by atoms with van der Waals surface area (Å²) >= 11 is 0. The van der Waals surface area contributed by atoms with E-state index in [1.54, 1.807) is 0 Å². The van der Waals surface area contributed by atoms with Gasteiger partial charge in [0.2, 0.25) is 0 Å². The van der Waals surface area contributed by atoms with E-state index in [-0.39, 0.29) is 0 Å². The molecule has 0 radical (unpaired) electrons. The maximum atomic E-state index is 5.13. The number of anilines is 1. The molecule has 0 spiro atoms. The molecule has 1 saturated heterocycles. The van der Waals surface area contributed by atoms with E-state index >= 15 is 0 Å². The first kappa shape index (κ1) is 9.53. The summed E-state index contributed by atoms with van der Waals surface area (Å²) in [4.78, 5) is 10.6. The van der Waals surface area contributed by atoms with Gasteiger partial charge in [-0.1, -0.05) is 5.16 Å². The van der Waals surface area contributed by atoms with Gasteiger partial charge in [-0.15, -0.1) is 0 Å². The number of aromatic nitrogens is 3. The number of nitrogens with one attached hydrogen (secondary N) is 1. The first-order valence-corrected chi connectivity index (χ1v) is 5.28. The number of hydrogen-bond donors (Lipinski definition) is 1. The van der Waals surface area contributed by atoms with Crippen molar-refractivity contribution < 1.29 is 4.52 Å². The van der Waals surface area contributed by atoms with Gasteiger partial charge in [0.1, 0.15) is 17.5 Å². The van der Waals surface area contributed by atoms with Crippen LogP contribution in [0.1, 0.15) is 5.69 Å². The Bertz CT molecular complexity index is 519. The summed E-state index contributed by atoms with van der Waals surface area (Å²) in [6.07, 6.45) is 1.52. The van der Waals surface area contributed by atoms with E-state index in [0.29, 0.717) is 11.8 Å². The van der Waals surface area contributed by atoms with Crippen molar-refractivity contribution in [1.82, 2.24) is 20.4 Å². The van der Waals surface area contributed by atoms with Crippen LogP contribution in [0.25, 0.3) is 11.1 Å². The standard InChI is InChI=1S/C10H13N5O/c1-6-8-9(15(2)7-3-11-4-7)12-5-13-10(8)16-14-6/h5,7,11H,3-4H2,1-2H3. The van der Waals surface area contributed by atoms with E-state index in [2.05, 4.69) is 25.3 Å². The van der Waals surface area contributed by atoms with Crippen molar-refractivity contribution >= 4 is 16.9 Å². The highest BCUT2D eigenvalue weighted by Crippen LogP contribution is 2.26. The van der Waals surface area contributed by atoms with Crippen molar-refractivity contribution in [2.45, 2.75) is 13.0 Å². The molecule has 1 aliphatic rings. The lowest BCUT2D eigenvalue weighted by Gasteiger charge is -2.36. The van der Waals surface area contributed by atoms with Gasteiger partial charge in [-0.25, -0.2) is 4.98 Å². The minimum Gasteiger partial charge on any atom is -0.353 e. The van der Waals surface area contributed by atoms with Crippen LogP contribution in [0.2, 0.25) is 0 Å². The average molecular weight is 219 g/mol. The minimum absolute atomic E-state index is 0.493. The third-order valence-electron chi connectivity index (χ3n) is 3.07. The lowest BCUT2D eigenvalue weighted by atomic mass is 10.1. The molecule has 84 valence electrons. The van der Waals surface area contributed by atoms with Crippen LogP contribution in [0.3, 0.4) is 0 Å². The molecule has 3 rings (SSSR count). The van der Waals surface area contributed by atoms with Crippen LogP contribution in [0, 0.1) is 6.92 Å². The Morgan fingerprint density at radius 1 is 1.44 bits per heavy atom. The Morgan fingerprint density at radius 3 is 2.94 bits per heavy atom. The van der Waals surface area contributed by atoms with Gasteiger partial charge in [0.25, 0.3) is 5.71 Å². The molecule has 0 unspecified atom stereocenters. The number of rotatable bonds is 2. The van der Waals surface area contributed by atoms with Crippen LogP contribution in [0.4, 0.5) is 5.82 Å². The zero-order chi connectivity index (χ0) is 11.1. The van der Waals surface area contributed by atoms with Gasteiger partial charge < -0.3 is 14.7 Å². The Balaban J connectivity index is 2.10. The van der Waals surface area contributed by atoms with Gasteiger partial charge >= 0.3 is 0 Å². The molecule has 1 fully saturated rings. The number of hydrogen-bond acceptors (Lipinski definition) is 6. The lowest BCUT2D eigenvalue weighted by Crippen LogP contribution is -2.56. The van der Waals surface area contributed by atoms with E-state index < -0.39 is 0 Å². The molecule has 2 aromatic rings. The molecule has 0 saturated carbocycles. The van der Waals surface area contributed by atoms with Gasteiger partial charge in [-0.3, -0.25) is 0 Å². The fraction of sp³-hybridized carbons (Fsp3) is 0.500. The lowest BCUT2D eigenvalue weighted by molar-refractivity contribution is 0.427. The normalized spacial score (nSPS) is 16.4. The number of aryl methyl sites for hydroxylation is 1. The fourth-order valence-electron chi connectivity index (χ4n) is 1.89. The zero-order valence-electron chi connectivity index (χ0n) is 9.27. The summed E-state index contributed by atoms with van der Waals surface area (Å²) in [6.45, 7) is 3.89. The van der Waals surface area contributed by atoms with Crippen molar-refractivity contribution in [1.29, 1.82) is 0 Å². The molecule has 6 nitrogen and oxygen atoms in total. The summed E-state index contributed by atoms with van der Waals surface area (Å²) < 4.78 is 5.13. The number of likely N-dealkylation sites (N-methyl/N-ethyl adjacent to an activating group) is 1. The fourth-order valence-corrected chi connectivity index (χ4v) is 1.89. The van der Waals surface area contributed by atoms with Gasteiger partial charge in [0, 0.05) is 20.1 Å². The molecule has 0 aromatic carbocycles. The van der Waals surface area contributed by atoms with Gasteiger partial charge in [-0.2, -0.15) is 4.98 Å². The topological polar surface area (TPSA) is 67.1 Å². The average Bonchev–Trinajstić information content (AvgIpc) is 2.58. The summed E-state index contributed by atoms with van der Waals surface area (Å²) in [6, 6.07) is 0.493. The summed E-state index contributed by atoms with van der Waals surface area (Å²) in [5.41, 5.74) is 1.39. The highest BCUT2D eigenvalue weighted by molar-refractivity contribution is 5.87. The second-order valence-corrected chi connectivity index (χ2v) is 4.07. The molecule has 16 heavy (non-hydrogen) atoms. The molecule has 0 amide bonds. The maximum absolute atomic E-state index is 5.13. The summed E-state index contributed by atoms with van der Waals surface area (Å²) in [7, 11) is 2.04. The highest BCUT2D eigenvalue weighted by atomic mass is 16.5. The smallest absolute Gasteiger partial charge is 0.263 e. The van der Waals surface area contributed by atoms with Crippen molar-refractivity contribution in [3.8, 4) is 0 Å². The molecular weight excluding hydrogens is 206 g/mol. The van der Waals surface area contributed by atoms with Gasteiger partial charge in [0.15, 0.2) is 0 Å². The van der Waals surface area contributed by atoms with E-state index in [4.69, 9.17) is 4.52 Å². The van der Waals surface area contributed by atoms with Crippen LogP contribution in [-0.2, 0) is 0 Å². The first-order valence-electron chi connectivity index (χ1n) is 5.28. The van der Waals surface area contributed by atoms with Crippen molar-refractivity contribution in [3.05, 3.63) is 12.0 Å². The Hall–Kier alpha value is -1.69. The second kappa shape index (κ2) is 3.41. The monoisotopic (exact) mass is 219 g/mol. The highest BCUT2D eigenvalue weighted by Gasteiger charge is 2.25. The van der Waals surface area contributed by atoms with E-state index in [9.17, 15) is 0 Å². The van der Waals surface area contributed by atoms with Crippen LogP contribution >= 0.6 is 0 Å². The minimum atomic E-state index is 0.493. The van der Waals surface area contributed by atoms with Gasteiger partial charge in [-0.05, 0) is 6.92 Å². The molecule has 0 atom stereocenters. The maximum Gasteiger partial charge on any atom is 0.263 e. The quantitative estimate of drug-likeness (QED) is 0.785. The Morgan fingerprint density at radius 2 is 2.25 bits per heavy atom. The molecule has 0 bridgehead atoms.